The molecule has 2 aromatic carbocycles. The summed E-state index contributed by atoms with van der Waals surface area (Å²) in [5.74, 6) is -1.51. The second-order valence-corrected chi connectivity index (χ2v) is 7.11. The van der Waals surface area contributed by atoms with E-state index in [1.54, 1.807) is 0 Å². The van der Waals surface area contributed by atoms with Gasteiger partial charge in [-0.25, -0.2) is 13.2 Å². The van der Waals surface area contributed by atoms with Crippen molar-refractivity contribution >= 4 is 38.3 Å². The standard InChI is InChI=1S/C16H12N2O7S/c1-9-13-8-12(5-6-14(13)25-15(9)16(19)20)26(23,24)17-10-3-2-4-11(7-10)18(21)22/h2-8,17H,1H3,(H,19,20). The Morgan fingerprint density at radius 2 is 1.96 bits per heavy atom. The van der Waals surface area contributed by atoms with Crippen molar-refractivity contribution in [1.29, 1.82) is 0 Å². The summed E-state index contributed by atoms with van der Waals surface area (Å²) >= 11 is 0. The molecule has 2 N–H and O–H groups in total. The fourth-order valence-corrected chi connectivity index (χ4v) is 3.54. The SMILES string of the molecule is Cc1c(C(=O)O)oc2ccc(S(=O)(=O)Nc3cccc([N+](=O)[O-])c3)cc12. The van der Waals surface area contributed by atoms with Crippen LogP contribution in [0.5, 0.6) is 0 Å². The molecule has 3 rings (SSSR count). The molecule has 0 atom stereocenters. The number of hydrogen-bond donors (Lipinski definition) is 2. The van der Waals surface area contributed by atoms with Crippen molar-refractivity contribution in [2.75, 3.05) is 4.72 Å². The summed E-state index contributed by atoms with van der Waals surface area (Å²) in [6.07, 6.45) is 0. The summed E-state index contributed by atoms with van der Waals surface area (Å²) in [6, 6.07) is 8.99. The highest BCUT2D eigenvalue weighted by atomic mass is 32.2. The number of nitrogens with one attached hydrogen (secondary N) is 1. The minimum atomic E-state index is -4.04. The number of furan rings is 1. The van der Waals surface area contributed by atoms with Crippen LogP contribution in [0, 0.1) is 17.0 Å². The lowest BCUT2D eigenvalue weighted by molar-refractivity contribution is -0.384. The lowest BCUT2D eigenvalue weighted by Gasteiger charge is -2.08. The topological polar surface area (TPSA) is 140 Å². The molecule has 134 valence electrons. The number of nitrogens with zero attached hydrogens (tertiary/aromatic N) is 1. The van der Waals surface area contributed by atoms with E-state index in [9.17, 15) is 23.3 Å². The van der Waals surface area contributed by atoms with Gasteiger partial charge in [-0.15, -0.1) is 0 Å². The molecular formula is C16H12N2O7S. The van der Waals surface area contributed by atoms with Gasteiger partial charge in [-0.2, -0.15) is 0 Å². The number of nitro benzene ring substituents is 1. The van der Waals surface area contributed by atoms with E-state index >= 15 is 0 Å². The Balaban J connectivity index is 2.01. The summed E-state index contributed by atoms with van der Waals surface area (Å²) in [4.78, 5) is 21.2. The van der Waals surface area contributed by atoms with Crippen LogP contribution < -0.4 is 4.72 Å². The zero-order valence-electron chi connectivity index (χ0n) is 13.3. The first-order chi connectivity index (χ1) is 12.2. The molecular weight excluding hydrogens is 364 g/mol. The Hall–Kier alpha value is -3.40. The number of anilines is 1. The maximum absolute atomic E-state index is 12.6. The minimum absolute atomic E-state index is 0.0365. The van der Waals surface area contributed by atoms with Gasteiger partial charge < -0.3 is 9.52 Å². The summed E-state index contributed by atoms with van der Waals surface area (Å²) in [5, 5.41) is 20.2. The zero-order valence-corrected chi connectivity index (χ0v) is 14.1. The number of carboxylic acid groups (broad SMARTS) is 1. The Labute approximate surface area is 147 Å². The number of aryl methyl sites for hydroxylation is 1. The van der Waals surface area contributed by atoms with Crippen LogP contribution in [-0.4, -0.2) is 24.4 Å². The van der Waals surface area contributed by atoms with E-state index in [-0.39, 0.29) is 27.6 Å². The van der Waals surface area contributed by atoms with Gasteiger partial charge in [-0.3, -0.25) is 14.8 Å². The number of nitro groups is 1. The predicted octanol–water partition coefficient (Wildman–Crippen LogP) is 3.15. The van der Waals surface area contributed by atoms with Gasteiger partial charge in [-0.05, 0) is 31.2 Å². The van der Waals surface area contributed by atoms with E-state index in [0.717, 1.165) is 6.07 Å². The highest BCUT2D eigenvalue weighted by molar-refractivity contribution is 7.92. The van der Waals surface area contributed by atoms with E-state index in [1.807, 2.05) is 0 Å². The van der Waals surface area contributed by atoms with Crippen molar-refractivity contribution in [2.45, 2.75) is 11.8 Å². The summed E-state index contributed by atoms with van der Waals surface area (Å²) in [7, 11) is -4.04. The number of carbonyl (C=O) groups is 1. The molecule has 0 bridgehead atoms. The van der Waals surface area contributed by atoms with Gasteiger partial charge in [0.2, 0.25) is 5.76 Å². The second kappa shape index (κ2) is 6.15. The van der Waals surface area contributed by atoms with Crippen LogP contribution >= 0.6 is 0 Å². The van der Waals surface area contributed by atoms with Crippen LogP contribution in [0.3, 0.4) is 0 Å². The first-order valence-electron chi connectivity index (χ1n) is 7.23. The van der Waals surface area contributed by atoms with Crippen LogP contribution in [0.4, 0.5) is 11.4 Å². The van der Waals surface area contributed by atoms with Crippen molar-refractivity contribution < 1.29 is 27.7 Å². The van der Waals surface area contributed by atoms with Gasteiger partial charge in [-0.1, -0.05) is 6.07 Å². The third kappa shape index (κ3) is 3.09. The molecule has 0 unspecified atom stereocenters. The van der Waals surface area contributed by atoms with E-state index in [1.165, 1.54) is 43.3 Å². The van der Waals surface area contributed by atoms with E-state index < -0.39 is 20.9 Å². The van der Waals surface area contributed by atoms with Gasteiger partial charge in [0.15, 0.2) is 0 Å². The molecule has 10 heteroatoms. The quantitative estimate of drug-likeness (QED) is 0.515. The van der Waals surface area contributed by atoms with Crippen molar-refractivity contribution in [2.24, 2.45) is 0 Å². The molecule has 0 spiro atoms. The number of fused-ring (bicyclic) bond motifs is 1. The van der Waals surface area contributed by atoms with Crippen LogP contribution in [0.25, 0.3) is 11.0 Å². The van der Waals surface area contributed by atoms with Crippen LogP contribution in [0.2, 0.25) is 0 Å². The van der Waals surface area contributed by atoms with E-state index in [0.29, 0.717) is 10.9 Å². The molecule has 0 fully saturated rings. The number of benzene rings is 2. The monoisotopic (exact) mass is 376 g/mol. The lowest BCUT2D eigenvalue weighted by Crippen LogP contribution is -2.13. The number of sulfonamides is 1. The van der Waals surface area contributed by atoms with Gasteiger partial charge >= 0.3 is 5.97 Å². The molecule has 0 radical (unpaired) electrons. The third-order valence-corrected chi connectivity index (χ3v) is 5.10. The van der Waals surface area contributed by atoms with E-state index in [2.05, 4.69) is 4.72 Å². The first-order valence-corrected chi connectivity index (χ1v) is 8.71. The van der Waals surface area contributed by atoms with Crippen molar-refractivity contribution in [3.8, 4) is 0 Å². The molecule has 1 heterocycles. The Morgan fingerprint density at radius 3 is 2.62 bits per heavy atom. The largest absolute Gasteiger partial charge is 0.475 e. The summed E-state index contributed by atoms with van der Waals surface area (Å²) in [5.41, 5.74) is 0.334. The maximum atomic E-state index is 12.6. The van der Waals surface area contributed by atoms with Gasteiger partial charge in [0.25, 0.3) is 15.7 Å². The number of hydrogen-bond acceptors (Lipinski definition) is 6. The second-order valence-electron chi connectivity index (χ2n) is 5.43. The van der Waals surface area contributed by atoms with Crippen LogP contribution in [0.1, 0.15) is 16.1 Å². The van der Waals surface area contributed by atoms with Crippen LogP contribution in [0.15, 0.2) is 51.8 Å². The molecule has 0 amide bonds. The number of rotatable bonds is 5. The Kier molecular flexibility index (Phi) is 4.12. The van der Waals surface area contributed by atoms with Gasteiger partial charge in [0.05, 0.1) is 15.5 Å². The minimum Gasteiger partial charge on any atom is -0.475 e. The lowest BCUT2D eigenvalue weighted by atomic mass is 10.1. The average molecular weight is 376 g/mol. The Morgan fingerprint density at radius 1 is 1.23 bits per heavy atom. The maximum Gasteiger partial charge on any atom is 0.372 e. The average Bonchev–Trinajstić information content (AvgIpc) is 2.91. The van der Waals surface area contributed by atoms with Crippen molar-refractivity contribution in [1.82, 2.24) is 0 Å². The molecule has 0 saturated carbocycles. The molecule has 26 heavy (non-hydrogen) atoms. The number of non-ortho nitro benzene ring substituents is 1. The molecule has 0 aliphatic heterocycles. The predicted molar refractivity (Wildman–Crippen MR) is 91.8 cm³/mol. The van der Waals surface area contributed by atoms with Gasteiger partial charge in [0, 0.05) is 23.1 Å². The third-order valence-electron chi connectivity index (χ3n) is 3.72. The fraction of sp³-hybridized carbons (Fsp3) is 0.0625. The van der Waals surface area contributed by atoms with Crippen LogP contribution in [-0.2, 0) is 10.0 Å². The zero-order chi connectivity index (χ0) is 19.1. The van der Waals surface area contributed by atoms with Gasteiger partial charge in [0.1, 0.15) is 5.58 Å². The van der Waals surface area contributed by atoms with Crippen molar-refractivity contribution in [3.05, 3.63) is 63.9 Å². The normalized spacial score (nSPS) is 11.4. The highest BCUT2D eigenvalue weighted by Gasteiger charge is 2.21. The first kappa shape index (κ1) is 17.4. The molecule has 0 aliphatic carbocycles. The molecule has 9 nitrogen and oxygen atoms in total. The van der Waals surface area contributed by atoms with E-state index in [4.69, 9.17) is 9.52 Å². The van der Waals surface area contributed by atoms with Crippen molar-refractivity contribution in [3.63, 3.8) is 0 Å². The molecule has 0 aliphatic rings. The smallest absolute Gasteiger partial charge is 0.372 e. The molecule has 3 aromatic rings. The fourth-order valence-electron chi connectivity index (χ4n) is 2.47. The Bertz CT molecular complexity index is 1150. The number of carboxylic acids is 1. The highest BCUT2D eigenvalue weighted by Crippen LogP contribution is 2.29. The number of aromatic carboxylic acids is 1. The summed E-state index contributed by atoms with van der Waals surface area (Å²) in [6.45, 7) is 1.51. The molecule has 0 saturated heterocycles. The molecule has 1 aromatic heterocycles. The summed E-state index contributed by atoms with van der Waals surface area (Å²) < 4.78 is 32.6.